The molecule has 12 nitrogen and oxygen atoms in total. The zero-order chi connectivity index (χ0) is 39.0. The van der Waals surface area contributed by atoms with Gasteiger partial charge in [0.15, 0.2) is 0 Å². The molecular weight excluding hydrogens is 688 g/mol. The van der Waals surface area contributed by atoms with E-state index in [1.165, 1.54) is 12.0 Å². The van der Waals surface area contributed by atoms with Crippen LogP contribution in [0, 0.1) is 11.8 Å². The van der Waals surface area contributed by atoms with Crippen molar-refractivity contribution in [2.45, 2.75) is 88.8 Å². The van der Waals surface area contributed by atoms with E-state index < -0.39 is 59.6 Å². The molecule has 54 heavy (non-hydrogen) atoms. The molecule has 2 N–H and O–H groups in total. The van der Waals surface area contributed by atoms with Crippen molar-refractivity contribution >= 4 is 35.1 Å². The number of nitrogens with zero attached hydrogens (tertiary/aromatic N) is 3. The van der Waals surface area contributed by atoms with Crippen LogP contribution in [-0.2, 0) is 33.4 Å². The van der Waals surface area contributed by atoms with E-state index in [-0.39, 0.29) is 38.0 Å². The van der Waals surface area contributed by atoms with Crippen LogP contribution in [0.15, 0.2) is 79.9 Å². The maximum absolute atomic E-state index is 15.0. The van der Waals surface area contributed by atoms with Crippen molar-refractivity contribution in [2.75, 3.05) is 49.8 Å². The Bertz CT molecular complexity index is 1630. The molecule has 2 aromatic rings. The van der Waals surface area contributed by atoms with Gasteiger partial charge in [-0.2, -0.15) is 0 Å². The lowest BCUT2D eigenvalue weighted by Gasteiger charge is -2.39. The molecule has 0 radical (unpaired) electrons. The first-order valence-electron chi connectivity index (χ1n) is 19.2. The molecule has 3 fully saturated rings. The van der Waals surface area contributed by atoms with Gasteiger partial charge in [0, 0.05) is 44.5 Å². The number of esters is 1. The SMILES string of the molecule is C=CCCC(=O)N[C@H](COC)[C@H](OC(=O)[C@@H]1[C@H]2C(=O)N([C@@H](CC)CO)[C@H](C(=O)N(CC=C)c3ccc(N(CC)CC)cc3)[C@]23CC[C@H]1O3)c1ccccc1. The maximum Gasteiger partial charge on any atom is 0.313 e. The van der Waals surface area contributed by atoms with E-state index in [1.807, 2.05) is 61.5 Å². The number of nitrogens with one attached hydrogen (secondary N) is 1. The van der Waals surface area contributed by atoms with Crippen molar-refractivity contribution in [1.29, 1.82) is 0 Å². The van der Waals surface area contributed by atoms with Gasteiger partial charge in [-0.05, 0) is 69.4 Å². The highest BCUT2D eigenvalue weighted by atomic mass is 16.6. The number of likely N-dealkylation sites (tertiary alicyclic amines) is 1. The van der Waals surface area contributed by atoms with Gasteiger partial charge in [-0.25, -0.2) is 0 Å². The van der Waals surface area contributed by atoms with Gasteiger partial charge in [-0.1, -0.05) is 49.4 Å². The first-order valence-corrected chi connectivity index (χ1v) is 19.2. The van der Waals surface area contributed by atoms with Crippen LogP contribution >= 0.6 is 0 Å². The van der Waals surface area contributed by atoms with E-state index in [0.29, 0.717) is 36.9 Å². The number of hydrogen-bond donors (Lipinski definition) is 2. The van der Waals surface area contributed by atoms with E-state index in [2.05, 4.69) is 37.2 Å². The van der Waals surface area contributed by atoms with Gasteiger partial charge in [-0.15, -0.1) is 13.2 Å². The van der Waals surface area contributed by atoms with Crippen molar-refractivity contribution in [3.63, 3.8) is 0 Å². The molecule has 0 aliphatic carbocycles. The summed E-state index contributed by atoms with van der Waals surface area (Å²) in [6, 6.07) is 14.3. The Morgan fingerprint density at radius 2 is 1.74 bits per heavy atom. The van der Waals surface area contributed by atoms with Crippen LogP contribution < -0.4 is 15.1 Å². The van der Waals surface area contributed by atoms with Gasteiger partial charge in [0.25, 0.3) is 5.91 Å². The molecular formula is C42H56N4O8. The quantitative estimate of drug-likeness (QED) is 0.148. The zero-order valence-electron chi connectivity index (χ0n) is 32.0. The van der Waals surface area contributed by atoms with Crippen molar-refractivity contribution in [2.24, 2.45) is 11.8 Å². The van der Waals surface area contributed by atoms with E-state index in [9.17, 15) is 24.3 Å². The molecule has 2 aromatic carbocycles. The summed E-state index contributed by atoms with van der Waals surface area (Å²) in [7, 11) is 1.50. The Balaban J connectivity index is 1.51. The summed E-state index contributed by atoms with van der Waals surface area (Å²) >= 11 is 0. The van der Waals surface area contributed by atoms with Crippen LogP contribution in [0.25, 0.3) is 0 Å². The lowest BCUT2D eigenvalue weighted by atomic mass is 9.70. The zero-order valence-corrected chi connectivity index (χ0v) is 32.0. The van der Waals surface area contributed by atoms with Crippen LogP contribution in [0.4, 0.5) is 11.4 Å². The topological polar surface area (TPSA) is 138 Å². The fourth-order valence-corrected chi connectivity index (χ4v) is 8.60. The fraction of sp³-hybridized carbons (Fsp3) is 0.524. The first-order chi connectivity index (χ1) is 26.1. The predicted octanol–water partition coefficient (Wildman–Crippen LogP) is 4.58. The minimum Gasteiger partial charge on any atom is -0.455 e. The molecule has 3 saturated heterocycles. The number of aliphatic hydroxyl groups is 1. The lowest BCUT2D eigenvalue weighted by molar-refractivity contribution is -0.163. The summed E-state index contributed by atoms with van der Waals surface area (Å²) < 4.78 is 18.5. The Kier molecular flexibility index (Phi) is 13.7. The molecule has 12 heteroatoms. The minimum absolute atomic E-state index is 0.0532. The predicted molar refractivity (Wildman–Crippen MR) is 207 cm³/mol. The van der Waals surface area contributed by atoms with Crippen LogP contribution in [-0.4, -0.2) is 103 Å². The summed E-state index contributed by atoms with van der Waals surface area (Å²) in [5.41, 5.74) is 0.975. The van der Waals surface area contributed by atoms with E-state index in [1.54, 1.807) is 17.1 Å². The molecule has 0 aromatic heterocycles. The molecule has 3 amide bonds. The van der Waals surface area contributed by atoms with Crippen molar-refractivity contribution in [3.8, 4) is 0 Å². The van der Waals surface area contributed by atoms with Crippen LogP contribution in [0.1, 0.15) is 64.5 Å². The number of ether oxygens (including phenoxy) is 3. The molecule has 0 saturated carbocycles. The molecule has 3 aliphatic heterocycles. The van der Waals surface area contributed by atoms with Gasteiger partial charge >= 0.3 is 5.97 Å². The van der Waals surface area contributed by atoms with E-state index >= 15 is 0 Å². The summed E-state index contributed by atoms with van der Waals surface area (Å²) in [4.78, 5) is 62.5. The second-order valence-corrected chi connectivity index (χ2v) is 14.2. The molecule has 8 atom stereocenters. The average Bonchev–Trinajstić information content (AvgIpc) is 3.84. The van der Waals surface area contributed by atoms with E-state index in [4.69, 9.17) is 14.2 Å². The van der Waals surface area contributed by atoms with Gasteiger partial charge < -0.3 is 39.3 Å². The van der Waals surface area contributed by atoms with Crippen LogP contribution in [0.2, 0.25) is 0 Å². The third-order valence-electron chi connectivity index (χ3n) is 11.2. The number of anilines is 2. The molecule has 3 aliphatic rings. The number of allylic oxidation sites excluding steroid dienone is 1. The summed E-state index contributed by atoms with van der Waals surface area (Å²) in [6.45, 7) is 15.2. The number of carbonyl (C=O) groups is 4. The first kappa shape index (κ1) is 40.7. The van der Waals surface area contributed by atoms with Gasteiger partial charge in [0.2, 0.25) is 11.8 Å². The second-order valence-electron chi connectivity index (χ2n) is 14.2. The molecule has 1 spiro atoms. The average molecular weight is 745 g/mol. The van der Waals surface area contributed by atoms with Crippen LogP contribution in [0.5, 0.6) is 0 Å². The molecule has 5 rings (SSSR count). The van der Waals surface area contributed by atoms with Crippen molar-refractivity contribution in [1.82, 2.24) is 10.2 Å². The largest absolute Gasteiger partial charge is 0.455 e. The highest BCUT2D eigenvalue weighted by molar-refractivity contribution is 6.05. The number of carbonyl (C=O) groups excluding carboxylic acids is 4. The smallest absolute Gasteiger partial charge is 0.313 e. The Hall–Kier alpha value is -4.52. The Morgan fingerprint density at radius 3 is 2.33 bits per heavy atom. The fourth-order valence-electron chi connectivity index (χ4n) is 8.60. The van der Waals surface area contributed by atoms with Crippen LogP contribution in [0.3, 0.4) is 0 Å². The normalized spacial score (nSPS) is 24.3. The third-order valence-corrected chi connectivity index (χ3v) is 11.2. The number of hydrogen-bond acceptors (Lipinski definition) is 9. The van der Waals surface area contributed by atoms with Crippen molar-refractivity contribution < 1.29 is 38.5 Å². The monoisotopic (exact) mass is 744 g/mol. The third kappa shape index (κ3) is 7.83. The molecule has 292 valence electrons. The van der Waals surface area contributed by atoms with Gasteiger partial charge in [-0.3, -0.25) is 19.2 Å². The molecule has 2 bridgehead atoms. The Labute approximate surface area is 319 Å². The number of rotatable bonds is 20. The lowest BCUT2D eigenvalue weighted by Crippen LogP contribution is -2.59. The number of aliphatic hydroxyl groups excluding tert-OH is 1. The summed E-state index contributed by atoms with van der Waals surface area (Å²) in [5.74, 6) is -3.73. The standard InChI is InChI=1S/C42H56N4O8/c1-7-12-18-34(48)43-32(27-52-6)37(28-16-14-13-15-17-28)53-41(51)35-33-23-24-42(54-33)36(35)39(49)46(29(9-3)26-47)38(42)40(50)45(25-8-2)31-21-19-30(20-22-31)44(10-4)11-5/h7-8,13-17,19-22,29,32-33,35-38,47H,1-2,9-12,18,23-27H2,3-6H3,(H,43,48)/t29-,32+,33+,35-,36-,37+,38+,42-/m0/s1. The number of benzene rings is 2. The summed E-state index contributed by atoms with van der Waals surface area (Å²) in [5, 5.41) is 13.5. The molecule has 0 unspecified atom stereocenters. The highest BCUT2D eigenvalue weighted by Gasteiger charge is 2.75. The summed E-state index contributed by atoms with van der Waals surface area (Å²) in [6.07, 6.45) is 3.55. The van der Waals surface area contributed by atoms with Gasteiger partial charge in [0.1, 0.15) is 17.7 Å². The van der Waals surface area contributed by atoms with Gasteiger partial charge in [0.05, 0.1) is 43.2 Å². The Morgan fingerprint density at radius 1 is 1.06 bits per heavy atom. The molecule has 3 heterocycles. The minimum atomic E-state index is -1.32. The number of fused-ring (bicyclic) bond motifs is 1. The van der Waals surface area contributed by atoms with Crippen molar-refractivity contribution in [3.05, 3.63) is 85.5 Å². The maximum atomic E-state index is 15.0. The van der Waals surface area contributed by atoms with E-state index in [0.717, 1.165) is 18.8 Å². The number of methoxy groups -OCH3 is 1. The highest BCUT2D eigenvalue weighted by Crippen LogP contribution is 2.59. The number of amides is 3. The second kappa shape index (κ2) is 18.2.